The Kier molecular flexibility index (Phi) is 4.49. The zero-order valence-corrected chi connectivity index (χ0v) is 12.8. The molecule has 5 heteroatoms. The number of rotatable bonds is 5. The summed E-state index contributed by atoms with van der Waals surface area (Å²) in [4.78, 5) is 11.0. The zero-order valence-electron chi connectivity index (χ0n) is 11.2. The molecule has 1 aromatic carbocycles. The Bertz CT molecular complexity index is 616. The van der Waals surface area contributed by atoms with Gasteiger partial charge in [0, 0.05) is 4.47 Å². The predicted molar refractivity (Wildman–Crippen MR) is 78.2 cm³/mol. The molecule has 1 aromatic heterocycles. The van der Waals surface area contributed by atoms with E-state index < -0.39 is 5.97 Å². The highest BCUT2D eigenvalue weighted by Crippen LogP contribution is 2.30. The molecule has 2 rings (SSSR count). The van der Waals surface area contributed by atoms with E-state index in [9.17, 15) is 4.79 Å². The summed E-state index contributed by atoms with van der Waals surface area (Å²) in [5.41, 5.74) is 1.19. The molecule has 0 aliphatic rings. The monoisotopic (exact) mass is 338 g/mol. The minimum Gasteiger partial charge on any atom is -0.485 e. The van der Waals surface area contributed by atoms with Crippen molar-refractivity contribution < 1.29 is 19.1 Å². The van der Waals surface area contributed by atoms with E-state index in [-0.39, 0.29) is 12.2 Å². The van der Waals surface area contributed by atoms with Crippen LogP contribution in [0.4, 0.5) is 0 Å². The van der Waals surface area contributed by atoms with Crippen LogP contribution in [0, 0.1) is 0 Å². The summed E-state index contributed by atoms with van der Waals surface area (Å²) in [6, 6.07) is 7.18. The van der Waals surface area contributed by atoms with Crippen LogP contribution in [0.15, 0.2) is 39.4 Å². The van der Waals surface area contributed by atoms with Crippen molar-refractivity contribution in [2.24, 2.45) is 0 Å². The lowest BCUT2D eigenvalue weighted by Crippen LogP contribution is -2.04. The zero-order chi connectivity index (χ0) is 14.7. The Hall–Kier alpha value is -1.75. The number of halogens is 1. The van der Waals surface area contributed by atoms with Gasteiger partial charge in [0.25, 0.3) is 0 Å². The number of hydrogen-bond acceptors (Lipinski definition) is 3. The summed E-state index contributed by atoms with van der Waals surface area (Å²) in [5, 5.41) is 9.01. The van der Waals surface area contributed by atoms with Gasteiger partial charge in [-0.05, 0) is 35.7 Å². The fourth-order valence-corrected chi connectivity index (χ4v) is 2.27. The van der Waals surface area contributed by atoms with Crippen molar-refractivity contribution in [3.8, 4) is 5.75 Å². The summed E-state index contributed by atoms with van der Waals surface area (Å²) >= 11 is 3.43. The fourth-order valence-electron chi connectivity index (χ4n) is 1.89. The molecule has 0 radical (unpaired) electrons. The van der Waals surface area contributed by atoms with Gasteiger partial charge in [0.2, 0.25) is 0 Å². The van der Waals surface area contributed by atoms with Gasteiger partial charge >= 0.3 is 5.97 Å². The third-order valence-corrected chi connectivity index (χ3v) is 3.42. The Morgan fingerprint density at radius 1 is 1.40 bits per heavy atom. The molecule has 0 saturated heterocycles. The third-order valence-electron chi connectivity index (χ3n) is 2.93. The number of ether oxygens (including phenoxy) is 1. The summed E-state index contributed by atoms with van der Waals surface area (Å²) in [6.45, 7) is 4.24. The van der Waals surface area contributed by atoms with E-state index in [4.69, 9.17) is 14.3 Å². The van der Waals surface area contributed by atoms with E-state index in [2.05, 4.69) is 29.8 Å². The van der Waals surface area contributed by atoms with Crippen molar-refractivity contribution in [3.63, 3.8) is 0 Å². The molecule has 0 atom stereocenters. The number of carboxylic acids is 1. The standard InChI is InChI=1S/C15H15BrO4/c1-9(2)12-7-10(16)3-4-13(12)20-8-14-11(15(17)18)5-6-19-14/h3-7,9H,8H2,1-2H3,(H,17,18). The van der Waals surface area contributed by atoms with E-state index in [0.717, 1.165) is 15.8 Å². The maximum absolute atomic E-state index is 11.0. The minimum absolute atomic E-state index is 0.0932. The molecule has 0 spiro atoms. The lowest BCUT2D eigenvalue weighted by molar-refractivity contribution is 0.0692. The maximum atomic E-state index is 11.0. The van der Waals surface area contributed by atoms with Gasteiger partial charge in [-0.1, -0.05) is 29.8 Å². The molecule has 1 N–H and O–H groups in total. The summed E-state index contributed by atoms with van der Waals surface area (Å²) in [5.74, 6) is 0.335. The Labute approximate surface area is 125 Å². The average Bonchev–Trinajstić information content (AvgIpc) is 2.85. The van der Waals surface area contributed by atoms with Gasteiger partial charge in [0.05, 0.1) is 6.26 Å². The molecule has 20 heavy (non-hydrogen) atoms. The quantitative estimate of drug-likeness (QED) is 0.875. The number of furan rings is 1. The summed E-state index contributed by atoms with van der Waals surface area (Å²) < 4.78 is 11.9. The molecule has 0 aliphatic heterocycles. The van der Waals surface area contributed by atoms with E-state index in [0.29, 0.717) is 11.7 Å². The van der Waals surface area contributed by atoms with Crippen LogP contribution < -0.4 is 4.74 Å². The molecular weight excluding hydrogens is 324 g/mol. The first-order chi connectivity index (χ1) is 9.49. The van der Waals surface area contributed by atoms with Crippen molar-refractivity contribution in [1.82, 2.24) is 0 Å². The van der Waals surface area contributed by atoms with Crippen molar-refractivity contribution >= 4 is 21.9 Å². The smallest absolute Gasteiger partial charge is 0.339 e. The lowest BCUT2D eigenvalue weighted by Gasteiger charge is -2.14. The molecule has 0 unspecified atom stereocenters. The van der Waals surface area contributed by atoms with Gasteiger partial charge in [-0.15, -0.1) is 0 Å². The average molecular weight is 339 g/mol. The molecule has 1 heterocycles. The number of benzene rings is 1. The van der Waals surface area contributed by atoms with Gasteiger partial charge in [0.1, 0.15) is 17.9 Å². The topological polar surface area (TPSA) is 59.7 Å². The first-order valence-corrected chi connectivity index (χ1v) is 7.00. The van der Waals surface area contributed by atoms with Crippen LogP contribution >= 0.6 is 15.9 Å². The first kappa shape index (κ1) is 14.7. The molecular formula is C15H15BrO4. The van der Waals surface area contributed by atoms with Gasteiger partial charge in [0.15, 0.2) is 5.76 Å². The van der Waals surface area contributed by atoms with Crippen molar-refractivity contribution in [1.29, 1.82) is 0 Å². The van der Waals surface area contributed by atoms with Crippen molar-refractivity contribution in [2.45, 2.75) is 26.4 Å². The number of carboxylic acid groups (broad SMARTS) is 1. The Morgan fingerprint density at radius 3 is 2.80 bits per heavy atom. The highest BCUT2D eigenvalue weighted by molar-refractivity contribution is 9.10. The fraction of sp³-hybridized carbons (Fsp3) is 0.267. The highest BCUT2D eigenvalue weighted by atomic mass is 79.9. The molecule has 0 saturated carbocycles. The van der Waals surface area contributed by atoms with Crippen LogP contribution in [-0.4, -0.2) is 11.1 Å². The van der Waals surface area contributed by atoms with Gasteiger partial charge in [-0.3, -0.25) is 0 Å². The van der Waals surface area contributed by atoms with E-state index in [1.54, 1.807) is 0 Å². The second-order valence-corrected chi connectivity index (χ2v) is 5.60. The maximum Gasteiger partial charge on any atom is 0.339 e. The molecule has 0 bridgehead atoms. The molecule has 0 aliphatic carbocycles. The number of hydrogen-bond donors (Lipinski definition) is 1. The first-order valence-electron chi connectivity index (χ1n) is 6.21. The molecule has 106 valence electrons. The highest BCUT2D eigenvalue weighted by Gasteiger charge is 2.15. The molecule has 2 aromatic rings. The lowest BCUT2D eigenvalue weighted by atomic mass is 10.0. The number of carbonyl (C=O) groups is 1. The van der Waals surface area contributed by atoms with Crippen molar-refractivity contribution in [2.75, 3.05) is 0 Å². The second kappa shape index (κ2) is 6.13. The summed E-state index contributed by atoms with van der Waals surface area (Å²) in [7, 11) is 0. The predicted octanol–water partition coefficient (Wildman–Crippen LogP) is 4.44. The number of aromatic carboxylic acids is 1. The molecule has 0 amide bonds. The molecule has 4 nitrogen and oxygen atoms in total. The third kappa shape index (κ3) is 3.22. The van der Waals surface area contributed by atoms with E-state index >= 15 is 0 Å². The largest absolute Gasteiger partial charge is 0.485 e. The van der Waals surface area contributed by atoms with Crippen LogP contribution in [0.2, 0.25) is 0 Å². The van der Waals surface area contributed by atoms with Crippen LogP contribution in [0.3, 0.4) is 0 Å². The second-order valence-electron chi connectivity index (χ2n) is 4.69. The minimum atomic E-state index is -1.02. The van der Waals surface area contributed by atoms with Gasteiger partial charge < -0.3 is 14.3 Å². The SMILES string of the molecule is CC(C)c1cc(Br)ccc1OCc1occc1C(=O)O. The van der Waals surface area contributed by atoms with Crippen LogP contribution in [0.5, 0.6) is 5.75 Å². The Balaban J connectivity index is 2.19. The normalized spacial score (nSPS) is 10.8. The van der Waals surface area contributed by atoms with Crippen molar-refractivity contribution in [3.05, 3.63) is 51.9 Å². The van der Waals surface area contributed by atoms with Gasteiger partial charge in [-0.2, -0.15) is 0 Å². The van der Waals surface area contributed by atoms with E-state index in [1.165, 1.54) is 12.3 Å². The van der Waals surface area contributed by atoms with Gasteiger partial charge in [-0.25, -0.2) is 4.79 Å². The Morgan fingerprint density at radius 2 is 2.15 bits per heavy atom. The van der Waals surface area contributed by atoms with Crippen LogP contribution in [-0.2, 0) is 6.61 Å². The van der Waals surface area contributed by atoms with E-state index in [1.807, 2.05) is 18.2 Å². The molecule has 0 fully saturated rings. The van der Waals surface area contributed by atoms with Crippen LogP contribution in [0.1, 0.15) is 41.4 Å². The van der Waals surface area contributed by atoms with Crippen LogP contribution in [0.25, 0.3) is 0 Å². The summed E-state index contributed by atoms with van der Waals surface area (Å²) in [6.07, 6.45) is 1.35.